The van der Waals surface area contributed by atoms with Gasteiger partial charge < -0.3 is 9.47 Å². The lowest BCUT2D eigenvalue weighted by Crippen LogP contribution is -2.17. The first-order valence-corrected chi connectivity index (χ1v) is 8.85. The van der Waals surface area contributed by atoms with Gasteiger partial charge in [0.2, 0.25) is 0 Å². The Kier molecular flexibility index (Phi) is 6.06. The zero-order valence-corrected chi connectivity index (χ0v) is 16.0. The SMILES string of the molecule is COc1cc(-c2cc(C(=O)N/N=C\c3ccccc3)[nH]n2)ccc1OC(C)C. The molecule has 0 saturated heterocycles. The van der Waals surface area contributed by atoms with Gasteiger partial charge >= 0.3 is 0 Å². The number of hydrogen-bond acceptors (Lipinski definition) is 5. The molecule has 0 saturated carbocycles. The lowest BCUT2D eigenvalue weighted by molar-refractivity contribution is 0.0950. The summed E-state index contributed by atoms with van der Waals surface area (Å²) in [5.41, 5.74) is 5.10. The van der Waals surface area contributed by atoms with Crippen molar-refractivity contribution in [1.82, 2.24) is 15.6 Å². The Hall–Kier alpha value is -3.61. The molecule has 1 aromatic heterocycles. The predicted molar refractivity (Wildman–Crippen MR) is 108 cm³/mol. The first-order valence-electron chi connectivity index (χ1n) is 8.85. The molecule has 0 aliphatic rings. The van der Waals surface area contributed by atoms with Crippen LogP contribution in [0.1, 0.15) is 29.9 Å². The molecule has 0 aliphatic heterocycles. The van der Waals surface area contributed by atoms with Crippen molar-refractivity contribution >= 4 is 12.1 Å². The largest absolute Gasteiger partial charge is 0.493 e. The molecule has 2 aromatic carbocycles. The zero-order valence-electron chi connectivity index (χ0n) is 16.0. The number of nitrogens with one attached hydrogen (secondary N) is 2. The van der Waals surface area contributed by atoms with Crippen LogP contribution in [0.5, 0.6) is 11.5 Å². The Morgan fingerprint density at radius 2 is 1.93 bits per heavy atom. The van der Waals surface area contributed by atoms with Gasteiger partial charge in [-0.25, -0.2) is 5.43 Å². The molecule has 0 spiro atoms. The molecule has 7 heteroatoms. The van der Waals surface area contributed by atoms with E-state index in [1.165, 1.54) is 0 Å². The second-order valence-corrected chi connectivity index (χ2v) is 6.31. The number of amides is 1. The average molecular weight is 378 g/mol. The molecule has 2 N–H and O–H groups in total. The third kappa shape index (κ3) is 4.76. The Morgan fingerprint density at radius 1 is 1.14 bits per heavy atom. The van der Waals surface area contributed by atoms with Crippen molar-refractivity contribution in [2.24, 2.45) is 5.10 Å². The van der Waals surface area contributed by atoms with Crippen molar-refractivity contribution in [3.05, 3.63) is 65.9 Å². The highest BCUT2D eigenvalue weighted by Gasteiger charge is 2.13. The Labute approximate surface area is 163 Å². The molecule has 0 radical (unpaired) electrons. The quantitative estimate of drug-likeness (QED) is 0.485. The zero-order chi connectivity index (χ0) is 19.9. The van der Waals surface area contributed by atoms with E-state index < -0.39 is 0 Å². The molecule has 3 rings (SSSR count). The highest BCUT2D eigenvalue weighted by molar-refractivity contribution is 5.94. The van der Waals surface area contributed by atoms with E-state index in [0.717, 1.165) is 11.1 Å². The maximum absolute atomic E-state index is 12.2. The molecule has 1 amide bonds. The van der Waals surface area contributed by atoms with Crippen molar-refractivity contribution in [2.75, 3.05) is 7.11 Å². The molecule has 144 valence electrons. The number of hydrazone groups is 1. The normalized spacial score (nSPS) is 11.0. The van der Waals surface area contributed by atoms with Gasteiger partial charge in [-0.3, -0.25) is 9.89 Å². The summed E-state index contributed by atoms with van der Waals surface area (Å²) in [5.74, 6) is 0.885. The molecule has 0 bridgehead atoms. The van der Waals surface area contributed by atoms with Gasteiger partial charge in [-0.15, -0.1) is 0 Å². The molecule has 0 unspecified atom stereocenters. The van der Waals surface area contributed by atoms with E-state index in [1.807, 2.05) is 62.4 Å². The van der Waals surface area contributed by atoms with Crippen molar-refractivity contribution in [3.8, 4) is 22.8 Å². The number of carbonyl (C=O) groups excluding carboxylic acids is 1. The van der Waals surface area contributed by atoms with E-state index in [0.29, 0.717) is 22.9 Å². The van der Waals surface area contributed by atoms with Gasteiger partial charge in [0.05, 0.1) is 25.1 Å². The fourth-order valence-electron chi connectivity index (χ4n) is 2.53. The summed E-state index contributed by atoms with van der Waals surface area (Å²) in [5, 5.41) is 10.9. The number of hydrogen-bond donors (Lipinski definition) is 2. The summed E-state index contributed by atoms with van der Waals surface area (Å²) < 4.78 is 11.1. The first kappa shape index (κ1) is 19.2. The van der Waals surface area contributed by atoms with Crippen LogP contribution in [0.3, 0.4) is 0 Å². The monoisotopic (exact) mass is 378 g/mol. The van der Waals surface area contributed by atoms with E-state index in [4.69, 9.17) is 9.47 Å². The number of methoxy groups -OCH3 is 1. The summed E-state index contributed by atoms with van der Waals surface area (Å²) in [6.45, 7) is 3.90. The molecule has 0 fully saturated rings. The van der Waals surface area contributed by atoms with E-state index in [1.54, 1.807) is 19.4 Å². The van der Waals surface area contributed by atoms with E-state index >= 15 is 0 Å². The summed E-state index contributed by atoms with van der Waals surface area (Å²) in [7, 11) is 1.58. The third-order valence-electron chi connectivity index (χ3n) is 3.82. The van der Waals surface area contributed by atoms with Gasteiger partial charge in [-0.1, -0.05) is 30.3 Å². The van der Waals surface area contributed by atoms with Crippen LogP contribution < -0.4 is 14.9 Å². The van der Waals surface area contributed by atoms with Gasteiger partial charge in [0.25, 0.3) is 5.91 Å². The summed E-state index contributed by atoms with van der Waals surface area (Å²) in [4.78, 5) is 12.2. The molecular weight excluding hydrogens is 356 g/mol. The molecule has 28 heavy (non-hydrogen) atoms. The standard InChI is InChI=1S/C21H22N4O3/c1-14(2)28-19-10-9-16(11-20(19)27-3)17-12-18(24-23-17)21(26)25-22-13-15-7-5-4-6-8-15/h4-14H,1-3H3,(H,23,24)(H,25,26)/b22-13-. The Bertz CT molecular complexity index is 965. The molecule has 1 heterocycles. The second kappa shape index (κ2) is 8.85. The number of benzene rings is 2. The Morgan fingerprint density at radius 3 is 2.64 bits per heavy atom. The number of nitrogens with zero attached hydrogens (tertiary/aromatic N) is 2. The maximum Gasteiger partial charge on any atom is 0.289 e. The second-order valence-electron chi connectivity index (χ2n) is 6.31. The van der Waals surface area contributed by atoms with Crippen LogP contribution >= 0.6 is 0 Å². The minimum absolute atomic E-state index is 0.0388. The molecular formula is C21H22N4O3. The number of aromatic nitrogens is 2. The minimum Gasteiger partial charge on any atom is -0.493 e. The summed E-state index contributed by atoms with van der Waals surface area (Å²) >= 11 is 0. The van der Waals surface area contributed by atoms with E-state index in [9.17, 15) is 4.79 Å². The van der Waals surface area contributed by atoms with Crippen LogP contribution in [0.4, 0.5) is 0 Å². The van der Waals surface area contributed by atoms with Gasteiger partial charge in [0, 0.05) is 5.56 Å². The number of ether oxygens (including phenoxy) is 2. The Balaban J connectivity index is 1.71. The minimum atomic E-state index is -0.377. The van der Waals surface area contributed by atoms with Crippen molar-refractivity contribution in [1.29, 1.82) is 0 Å². The summed E-state index contributed by atoms with van der Waals surface area (Å²) in [6.07, 6.45) is 1.62. The van der Waals surface area contributed by atoms with Crippen LogP contribution in [0.25, 0.3) is 11.3 Å². The molecule has 0 atom stereocenters. The molecule has 3 aromatic rings. The number of carbonyl (C=O) groups is 1. The van der Waals surface area contributed by atoms with Gasteiger partial charge in [0.15, 0.2) is 11.5 Å². The van der Waals surface area contributed by atoms with Gasteiger partial charge in [0.1, 0.15) is 5.69 Å². The third-order valence-corrected chi connectivity index (χ3v) is 3.82. The van der Waals surface area contributed by atoms with Gasteiger partial charge in [-0.05, 0) is 43.7 Å². The predicted octanol–water partition coefficient (Wildman–Crippen LogP) is 3.64. The van der Waals surface area contributed by atoms with Crippen molar-refractivity contribution < 1.29 is 14.3 Å². The highest BCUT2D eigenvalue weighted by Crippen LogP contribution is 2.32. The van der Waals surface area contributed by atoms with Gasteiger partial charge in [-0.2, -0.15) is 10.2 Å². The fourth-order valence-corrected chi connectivity index (χ4v) is 2.53. The van der Waals surface area contributed by atoms with E-state index in [-0.39, 0.29) is 12.0 Å². The lowest BCUT2D eigenvalue weighted by Gasteiger charge is -2.14. The molecule has 7 nitrogen and oxygen atoms in total. The fraction of sp³-hybridized carbons (Fsp3) is 0.190. The van der Waals surface area contributed by atoms with Crippen LogP contribution in [-0.2, 0) is 0 Å². The smallest absolute Gasteiger partial charge is 0.289 e. The van der Waals surface area contributed by atoms with Crippen molar-refractivity contribution in [2.45, 2.75) is 20.0 Å². The summed E-state index contributed by atoms with van der Waals surface area (Å²) in [6, 6.07) is 16.7. The first-order chi connectivity index (χ1) is 13.6. The number of aromatic amines is 1. The topological polar surface area (TPSA) is 88.6 Å². The highest BCUT2D eigenvalue weighted by atomic mass is 16.5. The lowest BCUT2D eigenvalue weighted by atomic mass is 10.1. The maximum atomic E-state index is 12.2. The van der Waals surface area contributed by atoms with Crippen LogP contribution in [-0.4, -0.2) is 35.5 Å². The molecule has 0 aliphatic carbocycles. The van der Waals surface area contributed by atoms with Crippen LogP contribution in [0, 0.1) is 0 Å². The van der Waals surface area contributed by atoms with Crippen LogP contribution in [0.15, 0.2) is 59.7 Å². The van der Waals surface area contributed by atoms with E-state index in [2.05, 4.69) is 20.7 Å². The average Bonchev–Trinajstić information content (AvgIpc) is 3.19. The number of H-pyrrole nitrogens is 1. The van der Waals surface area contributed by atoms with Crippen molar-refractivity contribution in [3.63, 3.8) is 0 Å². The number of rotatable bonds is 7. The van der Waals surface area contributed by atoms with Crippen LogP contribution in [0.2, 0.25) is 0 Å².